The molecular formula is C20H15O8-. The summed E-state index contributed by atoms with van der Waals surface area (Å²) in [5, 5.41) is 50.7. The average Bonchev–Trinajstić information content (AvgIpc) is 2.51. The Kier molecular flexibility index (Phi) is 4.56. The van der Waals surface area contributed by atoms with Gasteiger partial charge in [0, 0.05) is 18.5 Å². The molecule has 0 heterocycles. The van der Waals surface area contributed by atoms with Gasteiger partial charge in [-0.15, -0.1) is 0 Å². The third kappa shape index (κ3) is 3.16. The highest BCUT2D eigenvalue weighted by molar-refractivity contribution is 6.17. The average molecular weight is 383 g/mol. The molecule has 4 N–H and O–H groups in total. The molecule has 0 saturated carbocycles. The number of hydrogen-bond acceptors (Lipinski definition) is 8. The Morgan fingerprint density at radius 2 is 1.75 bits per heavy atom. The van der Waals surface area contributed by atoms with E-state index >= 15 is 0 Å². The highest BCUT2D eigenvalue weighted by Crippen LogP contribution is 2.41. The van der Waals surface area contributed by atoms with E-state index < -0.39 is 41.2 Å². The molecule has 8 nitrogen and oxygen atoms in total. The number of aliphatic hydroxyl groups excluding tert-OH is 1. The van der Waals surface area contributed by atoms with E-state index in [-0.39, 0.29) is 40.0 Å². The molecule has 2 aromatic carbocycles. The Labute approximate surface area is 158 Å². The number of phenolic OH excluding ortho intramolecular Hbond substituents is 3. The van der Waals surface area contributed by atoms with Crippen molar-refractivity contribution in [3.05, 3.63) is 57.3 Å². The molecule has 144 valence electrons. The van der Waals surface area contributed by atoms with Crippen molar-refractivity contribution in [2.24, 2.45) is 0 Å². The molecule has 0 aromatic heterocycles. The number of carboxylic acid groups (broad SMARTS) is 1. The number of aliphatic hydroxyl groups is 1. The van der Waals surface area contributed by atoms with Gasteiger partial charge in [0.15, 0.2) is 5.78 Å². The van der Waals surface area contributed by atoms with Gasteiger partial charge in [0.25, 0.3) is 0 Å². The van der Waals surface area contributed by atoms with E-state index in [0.29, 0.717) is 5.56 Å². The maximum atomic E-state index is 12.9. The smallest absolute Gasteiger partial charge is 0.201 e. The van der Waals surface area contributed by atoms with Crippen LogP contribution in [-0.2, 0) is 11.2 Å². The molecule has 0 aliphatic heterocycles. The van der Waals surface area contributed by atoms with Crippen LogP contribution >= 0.6 is 0 Å². The Morgan fingerprint density at radius 1 is 1.11 bits per heavy atom. The van der Waals surface area contributed by atoms with Crippen molar-refractivity contribution in [1.82, 2.24) is 0 Å². The SMILES string of the molecule is CC(=O)c1c(/C=C(/O)CC(=O)[O-])cc2c(c1O)C(=O)c1c(O)cc(O)cc1C2. The molecular weight excluding hydrogens is 368 g/mol. The van der Waals surface area contributed by atoms with E-state index in [4.69, 9.17) is 0 Å². The van der Waals surface area contributed by atoms with Crippen LogP contribution in [0.3, 0.4) is 0 Å². The number of Topliss-reactive ketones (excluding diaryl/α,β-unsaturated/α-hetero) is 1. The number of carbonyl (C=O) groups is 3. The summed E-state index contributed by atoms with van der Waals surface area (Å²) in [7, 11) is 0. The normalized spacial score (nSPS) is 13.0. The number of phenols is 3. The van der Waals surface area contributed by atoms with Crippen LogP contribution in [-0.4, -0.2) is 38.0 Å². The number of aromatic hydroxyl groups is 3. The van der Waals surface area contributed by atoms with E-state index in [1.807, 2.05) is 0 Å². The molecule has 3 rings (SSSR count). The van der Waals surface area contributed by atoms with Gasteiger partial charge in [-0.1, -0.05) is 0 Å². The van der Waals surface area contributed by atoms with Gasteiger partial charge < -0.3 is 30.3 Å². The van der Waals surface area contributed by atoms with Crippen molar-refractivity contribution < 1.29 is 39.9 Å². The van der Waals surface area contributed by atoms with Crippen LogP contribution in [0.1, 0.15) is 56.3 Å². The molecule has 0 radical (unpaired) electrons. The molecule has 0 amide bonds. The molecule has 0 saturated heterocycles. The quantitative estimate of drug-likeness (QED) is 0.387. The first-order valence-electron chi connectivity index (χ1n) is 8.18. The second kappa shape index (κ2) is 6.73. The predicted molar refractivity (Wildman–Crippen MR) is 94.4 cm³/mol. The second-order valence-corrected chi connectivity index (χ2v) is 6.47. The van der Waals surface area contributed by atoms with Crippen LogP contribution in [0.15, 0.2) is 24.0 Å². The first kappa shape index (κ1) is 19.0. The monoisotopic (exact) mass is 383 g/mol. The summed E-state index contributed by atoms with van der Waals surface area (Å²) >= 11 is 0. The summed E-state index contributed by atoms with van der Waals surface area (Å²) in [6, 6.07) is 3.67. The molecule has 0 spiro atoms. The summed E-state index contributed by atoms with van der Waals surface area (Å²) in [6.07, 6.45) is 0.261. The van der Waals surface area contributed by atoms with Crippen molar-refractivity contribution in [2.45, 2.75) is 19.8 Å². The molecule has 1 aliphatic rings. The molecule has 8 heteroatoms. The van der Waals surface area contributed by atoms with Gasteiger partial charge in [0.05, 0.1) is 22.4 Å². The summed E-state index contributed by atoms with van der Waals surface area (Å²) in [5.74, 6) is -4.78. The van der Waals surface area contributed by atoms with Gasteiger partial charge in [0.2, 0.25) is 5.78 Å². The van der Waals surface area contributed by atoms with Crippen LogP contribution in [0.25, 0.3) is 6.08 Å². The number of carboxylic acids is 1. The number of carbonyl (C=O) groups excluding carboxylic acids is 3. The van der Waals surface area contributed by atoms with Gasteiger partial charge >= 0.3 is 0 Å². The Morgan fingerprint density at radius 3 is 2.36 bits per heavy atom. The van der Waals surface area contributed by atoms with Gasteiger partial charge in [-0.25, -0.2) is 0 Å². The highest BCUT2D eigenvalue weighted by atomic mass is 16.4. The zero-order chi connectivity index (χ0) is 20.7. The lowest BCUT2D eigenvalue weighted by atomic mass is 9.81. The van der Waals surface area contributed by atoms with Crippen molar-refractivity contribution >= 4 is 23.6 Å². The zero-order valence-corrected chi connectivity index (χ0v) is 14.6. The standard InChI is InChI=1S/C20H16O8/c1-8(21)16-10(4-13(23)7-15(25)26)2-9-3-11-5-12(22)6-14(24)17(11)20(28)18(9)19(16)27/h2,4-6,22-24,27H,3,7H2,1H3,(H,25,26)/p-1/b13-4+. The minimum atomic E-state index is -1.53. The van der Waals surface area contributed by atoms with Gasteiger partial charge in [-0.2, -0.15) is 0 Å². The number of benzene rings is 2. The van der Waals surface area contributed by atoms with Crippen molar-refractivity contribution in [3.63, 3.8) is 0 Å². The lowest BCUT2D eigenvalue weighted by Crippen LogP contribution is -2.22. The van der Waals surface area contributed by atoms with E-state index in [2.05, 4.69) is 0 Å². The molecule has 0 bridgehead atoms. The number of fused-ring (bicyclic) bond motifs is 2. The fourth-order valence-electron chi connectivity index (χ4n) is 3.40. The number of rotatable bonds is 4. The van der Waals surface area contributed by atoms with Crippen LogP contribution in [0.2, 0.25) is 0 Å². The van der Waals surface area contributed by atoms with E-state index in [0.717, 1.165) is 19.1 Å². The van der Waals surface area contributed by atoms with Crippen LogP contribution in [0.5, 0.6) is 17.2 Å². The van der Waals surface area contributed by atoms with Crippen molar-refractivity contribution in [1.29, 1.82) is 0 Å². The van der Waals surface area contributed by atoms with E-state index in [9.17, 15) is 39.9 Å². The first-order chi connectivity index (χ1) is 13.1. The molecule has 0 atom stereocenters. The number of aliphatic carboxylic acids is 1. The Balaban J connectivity index is 2.25. The minimum Gasteiger partial charge on any atom is -0.550 e. The third-order valence-electron chi connectivity index (χ3n) is 4.43. The largest absolute Gasteiger partial charge is 0.550 e. The molecule has 2 aromatic rings. The first-order valence-corrected chi connectivity index (χ1v) is 8.18. The van der Waals surface area contributed by atoms with Crippen LogP contribution < -0.4 is 5.11 Å². The Hall–Kier alpha value is -3.81. The fourth-order valence-corrected chi connectivity index (χ4v) is 3.40. The second-order valence-electron chi connectivity index (χ2n) is 6.47. The molecule has 0 unspecified atom stereocenters. The van der Waals surface area contributed by atoms with Gasteiger partial charge in [-0.3, -0.25) is 9.59 Å². The van der Waals surface area contributed by atoms with Gasteiger partial charge in [0.1, 0.15) is 17.2 Å². The lowest BCUT2D eigenvalue weighted by molar-refractivity contribution is -0.305. The summed E-state index contributed by atoms with van der Waals surface area (Å²) in [6.45, 7) is 1.14. The van der Waals surface area contributed by atoms with E-state index in [1.54, 1.807) is 0 Å². The summed E-state index contributed by atoms with van der Waals surface area (Å²) in [4.78, 5) is 35.5. The number of ketones is 2. The number of hydrogen-bond donors (Lipinski definition) is 4. The van der Waals surface area contributed by atoms with E-state index in [1.165, 1.54) is 12.1 Å². The van der Waals surface area contributed by atoms with Crippen molar-refractivity contribution in [3.8, 4) is 17.2 Å². The zero-order valence-electron chi connectivity index (χ0n) is 14.6. The predicted octanol–water partition coefficient (Wildman–Crippen LogP) is 1.18. The highest BCUT2D eigenvalue weighted by Gasteiger charge is 2.32. The summed E-state index contributed by atoms with van der Waals surface area (Å²) in [5.41, 5.74) is 0.117. The summed E-state index contributed by atoms with van der Waals surface area (Å²) < 4.78 is 0. The molecule has 0 fully saturated rings. The van der Waals surface area contributed by atoms with Crippen molar-refractivity contribution in [2.75, 3.05) is 0 Å². The third-order valence-corrected chi connectivity index (χ3v) is 4.43. The maximum Gasteiger partial charge on any atom is 0.201 e. The topological polar surface area (TPSA) is 155 Å². The molecule has 1 aliphatic carbocycles. The van der Waals surface area contributed by atoms with Crippen LogP contribution in [0.4, 0.5) is 0 Å². The van der Waals surface area contributed by atoms with Crippen LogP contribution in [0, 0.1) is 0 Å². The minimum absolute atomic E-state index is 0.0307. The fraction of sp³-hybridized carbons (Fsp3) is 0.150. The maximum absolute atomic E-state index is 12.9. The van der Waals surface area contributed by atoms with Gasteiger partial charge in [-0.05, 0) is 48.2 Å². The Bertz CT molecular complexity index is 1080. The molecule has 28 heavy (non-hydrogen) atoms. The lowest BCUT2D eigenvalue weighted by Gasteiger charge is -2.23.